The van der Waals surface area contributed by atoms with Gasteiger partial charge in [0.05, 0.1) is 0 Å². The molecule has 0 atom stereocenters. The molecule has 0 amide bonds. The molecule has 6 aliphatic rings. The van der Waals surface area contributed by atoms with Gasteiger partial charge in [0.1, 0.15) is 0 Å². The summed E-state index contributed by atoms with van der Waals surface area (Å²) in [5.41, 5.74) is 12.9. The first-order chi connectivity index (χ1) is 14.9. The van der Waals surface area contributed by atoms with Crippen LogP contribution < -0.4 is 0 Å². The highest BCUT2D eigenvalue weighted by atomic mass is 14.3. The Balaban J connectivity index is 1.70. The molecule has 0 fully saturated rings. The highest BCUT2D eigenvalue weighted by molar-refractivity contribution is 6.06. The summed E-state index contributed by atoms with van der Waals surface area (Å²) in [6.07, 6.45) is 0. The van der Waals surface area contributed by atoms with E-state index in [2.05, 4.69) is 121 Å². The Morgan fingerprint density at radius 3 is 1.43 bits per heavy atom. The highest BCUT2D eigenvalue weighted by Gasteiger charge is 2.23. The van der Waals surface area contributed by atoms with Gasteiger partial charge < -0.3 is 0 Å². The Bertz CT molecular complexity index is 1390. The second kappa shape index (κ2) is 6.86. The van der Waals surface area contributed by atoms with Crippen LogP contribution in [0.4, 0.5) is 0 Å². The van der Waals surface area contributed by atoms with E-state index < -0.39 is 0 Å². The van der Waals surface area contributed by atoms with Crippen LogP contribution in [0.25, 0.3) is 55.6 Å². The van der Waals surface area contributed by atoms with Crippen molar-refractivity contribution in [2.75, 3.05) is 0 Å². The molecular formula is C30H20. The molecular weight excluding hydrogens is 360 g/mol. The van der Waals surface area contributed by atoms with Crippen molar-refractivity contribution in [2.45, 2.75) is 0 Å². The average molecular weight is 380 g/mol. The van der Waals surface area contributed by atoms with Gasteiger partial charge in [0, 0.05) is 0 Å². The predicted molar refractivity (Wildman–Crippen MR) is 127 cm³/mol. The van der Waals surface area contributed by atoms with Crippen molar-refractivity contribution in [1.29, 1.82) is 0 Å². The molecule has 0 saturated carbocycles. The van der Waals surface area contributed by atoms with Crippen molar-refractivity contribution in [2.24, 2.45) is 0 Å². The normalized spacial score (nSPS) is 11.3. The molecule has 0 heterocycles. The number of rotatable bonds is 2. The molecule has 0 aromatic heterocycles. The molecule has 6 rings (SSSR count). The van der Waals surface area contributed by atoms with Crippen molar-refractivity contribution in [3.63, 3.8) is 0 Å². The van der Waals surface area contributed by atoms with Gasteiger partial charge in [0.25, 0.3) is 0 Å². The van der Waals surface area contributed by atoms with Crippen LogP contribution >= 0.6 is 0 Å². The molecule has 0 aromatic carbocycles. The number of hydrogen-bond donors (Lipinski definition) is 0. The van der Waals surface area contributed by atoms with E-state index in [1.807, 2.05) is 0 Å². The third-order valence-electron chi connectivity index (χ3n) is 6.05. The average Bonchev–Trinajstić information content (AvgIpc) is 3.22. The highest BCUT2D eigenvalue weighted by Crippen LogP contribution is 2.50. The van der Waals surface area contributed by atoms with Crippen molar-refractivity contribution >= 4 is 0 Å². The lowest BCUT2D eigenvalue weighted by atomic mass is 9.94. The molecule has 0 bridgehead atoms. The van der Waals surface area contributed by atoms with Crippen LogP contribution in [0.2, 0.25) is 0 Å². The van der Waals surface area contributed by atoms with E-state index in [0.717, 1.165) is 0 Å². The van der Waals surface area contributed by atoms with Gasteiger partial charge >= 0.3 is 0 Å². The molecule has 0 nitrogen and oxygen atoms in total. The van der Waals surface area contributed by atoms with Gasteiger partial charge in [-0.2, -0.15) is 0 Å². The Kier molecular flexibility index (Phi) is 3.89. The van der Waals surface area contributed by atoms with Gasteiger partial charge in [0.15, 0.2) is 0 Å². The fraction of sp³-hybridized carbons (Fsp3) is 0. The summed E-state index contributed by atoms with van der Waals surface area (Å²) >= 11 is 0. The number of hydrogen-bond acceptors (Lipinski definition) is 0. The van der Waals surface area contributed by atoms with E-state index in [0.29, 0.717) is 0 Å². The summed E-state index contributed by atoms with van der Waals surface area (Å²) < 4.78 is 0. The monoisotopic (exact) mass is 380 g/mol. The van der Waals surface area contributed by atoms with Gasteiger partial charge in [-0.1, -0.05) is 115 Å². The summed E-state index contributed by atoms with van der Waals surface area (Å²) in [5, 5.41) is 0. The third-order valence-corrected chi connectivity index (χ3v) is 6.05. The molecule has 30 heavy (non-hydrogen) atoms. The third kappa shape index (κ3) is 2.62. The van der Waals surface area contributed by atoms with E-state index in [9.17, 15) is 0 Å². The molecule has 0 aromatic rings. The Morgan fingerprint density at radius 1 is 0.267 bits per heavy atom. The van der Waals surface area contributed by atoms with Crippen LogP contribution in [0.5, 0.6) is 0 Å². The first-order valence-electron chi connectivity index (χ1n) is 10.4. The fourth-order valence-corrected chi connectivity index (χ4v) is 4.67. The molecule has 140 valence electrons. The molecule has 0 radical (unpaired) electrons. The minimum Gasteiger partial charge on any atom is -0.0622 e. The van der Waals surface area contributed by atoms with Crippen LogP contribution in [0.1, 0.15) is 0 Å². The molecule has 0 aliphatic heterocycles. The van der Waals surface area contributed by atoms with Crippen LogP contribution in [0, 0.1) is 0 Å². The minimum absolute atomic E-state index is 1.27. The lowest BCUT2D eigenvalue weighted by Crippen LogP contribution is -1.82. The second-order valence-electron chi connectivity index (χ2n) is 7.77. The molecule has 0 spiro atoms. The smallest absolute Gasteiger partial charge is 0.00201 e. The van der Waals surface area contributed by atoms with Crippen molar-refractivity contribution in [3.8, 4) is 55.6 Å². The lowest BCUT2D eigenvalue weighted by Gasteiger charge is -2.09. The fourth-order valence-electron chi connectivity index (χ4n) is 4.67. The van der Waals surface area contributed by atoms with E-state index in [4.69, 9.17) is 0 Å². The molecule has 0 saturated heterocycles. The summed E-state index contributed by atoms with van der Waals surface area (Å²) in [4.78, 5) is 0. The maximum absolute atomic E-state index is 2.36. The Labute approximate surface area is 177 Å². The first-order valence-corrected chi connectivity index (χ1v) is 10.4. The minimum atomic E-state index is 1.27. The van der Waals surface area contributed by atoms with Crippen LogP contribution in [-0.2, 0) is 0 Å². The van der Waals surface area contributed by atoms with E-state index in [1.54, 1.807) is 0 Å². The summed E-state index contributed by atoms with van der Waals surface area (Å²) in [6.45, 7) is 0. The van der Waals surface area contributed by atoms with Crippen molar-refractivity contribution in [1.82, 2.24) is 0 Å². The van der Waals surface area contributed by atoms with E-state index in [-0.39, 0.29) is 0 Å². The van der Waals surface area contributed by atoms with E-state index in [1.165, 1.54) is 55.6 Å². The maximum atomic E-state index is 2.36. The standard InChI is InChI=1S/C30H20/c1-4-10-21-16-18-27(24(21)13-7-1)29-20-23-12-6-3-9-15-26(23)30(29)28-19-17-22-11-5-2-8-14-25(22)28/h1-20H. The topological polar surface area (TPSA) is 0 Å². The number of fused-ring (bicyclic) bond motifs is 3. The molecule has 6 aliphatic carbocycles. The van der Waals surface area contributed by atoms with Gasteiger partial charge in [-0.25, -0.2) is 0 Å². The summed E-state index contributed by atoms with van der Waals surface area (Å²) in [7, 11) is 0. The first kappa shape index (κ1) is 17.0. The van der Waals surface area contributed by atoms with Gasteiger partial charge in [-0.3, -0.25) is 0 Å². The maximum Gasteiger partial charge on any atom is -0.00201 e. The second-order valence-corrected chi connectivity index (χ2v) is 7.77. The lowest BCUT2D eigenvalue weighted by molar-refractivity contribution is 1.73. The quantitative estimate of drug-likeness (QED) is 0.283. The van der Waals surface area contributed by atoms with Crippen LogP contribution in [0.15, 0.2) is 121 Å². The van der Waals surface area contributed by atoms with Crippen LogP contribution in [-0.4, -0.2) is 0 Å². The summed E-state index contributed by atoms with van der Waals surface area (Å²) in [6, 6.07) is 43.7. The SMILES string of the molecule is c1ccc2ccc(-c3cc4cccccc-4c3-c3ccc4cccccc3-4)c-2cc1. The summed E-state index contributed by atoms with van der Waals surface area (Å²) in [5.74, 6) is 0. The van der Waals surface area contributed by atoms with Gasteiger partial charge in [0.2, 0.25) is 0 Å². The predicted octanol–water partition coefficient (Wildman–Crippen LogP) is 8.34. The van der Waals surface area contributed by atoms with Crippen molar-refractivity contribution < 1.29 is 0 Å². The molecule has 0 heteroatoms. The Morgan fingerprint density at radius 2 is 0.767 bits per heavy atom. The van der Waals surface area contributed by atoms with Gasteiger partial charge in [-0.05, 0) is 61.7 Å². The Hall–Kier alpha value is -3.90. The molecule has 0 unspecified atom stereocenters. The zero-order chi connectivity index (χ0) is 19.9. The van der Waals surface area contributed by atoms with Crippen LogP contribution in [0.3, 0.4) is 0 Å². The largest absolute Gasteiger partial charge is 0.0622 e. The van der Waals surface area contributed by atoms with Gasteiger partial charge in [-0.15, -0.1) is 0 Å². The molecule has 0 N–H and O–H groups in total. The zero-order valence-corrected chi connectivity index (χ0v) is 16.5. The zero-order valence-electron chi connectivity index (χ0n) is 16.5. The van der Waals surface area contributed by atoms with E-state index >= 15 is 0 Å². The van der Waals surface area contributed by atoms with Crippen molar-refractivity contribution in [3.05, 3.63) is 121 Å².